The normalized spacial score (nSPS) is 13.8. The second-order valence-electron chi connectivity index (χ2n) is 7.04. The maximum absolute atomic E-state index is 12.8. The monoisotopic (exact) mass is 352 g/mol. The lowest BCUT2D eigenvalue weighted by Gasteiger charge is -2.38. The zero-order valence-corrected chi connectivity index (χ0v) is 15.8. The van der Waals surface area contributed by atoms with Gasteiger partial charge in [0.2, 0.25) is 5.91 Å². The van der Waals surface area contributed by atoms with Crippen LogP contribution in [-0.4, -0.2) is 56.1 Å². The van der Waals surface area contributed by atoms with Gasteiger partial charge in [0, 0.05) is 45.0 Å². The van der Waals surface area contributed by atoms with Gasteiger partial charge in [-0.05, 0) is 50.7 Å². The van der Waals surface area contributed by atoms with Crippen LogP contribution in [0.15, 0.2) is 48.8 Å². The lowest BCUT2D eigenvalue weighted by Crippen LogP contribution is -2.45. The molecule has 2 heterocycles. The van der Waals surface area contributed by atoms with E-state index in [9.17, 15) is 4.79 Å². The van der Waals surface area contributed by atoms with E-state index in [2.05, 4.69) is 53.1 Å². The van der Waals surface area contributed by atoms with Crippen LogP contribution in [0.25, 0.3) is 0 Å². The molecule has 0 radical (unpaired) electrons. The summed E-state index contributed by atoms with van der Waals surface area (Å²) in [6.07, 6.45) is 5.98. The van der Waals surface area contributed by atoms with Crippen molar-refractivity contribution in [2.75, 3.05) is 50.1 Å². The van der Waals surface area contributed by atoms with E-state index in [1.54, 1.807) is 6.20 Å². The van der Waals surface area contributed by atoms with Crippen molar-refractivity contribution < 1.29 is 4.79 Å². The van der Waals surface area contributed by atoms with Crippen LogP contribution >= 0.6 is 0 Å². The molecular weight excluding hydrogens is 324 g/mol. The molecule has 2 aromatic rings. The Morgan fingerprint density at radius 2 is 1.92 bits per heavy atom. The highest BCUT2D eigenvalue weighted by Gasteiger charge is 2.25. The van der Waals surface area contributed by atoms with Crippen molar-refractivity contribution >= 4 is 17.3 Å². The topological polar surface area (TPSA) is 39.7 Å². The number of likely N-dealkylation sites (N-methyl/N-ethyl adjacent to an activating group) is 1. The number of nitrogens with zero attached hydrogens (tertiary/aromatic N) is 4. The minimum absolute atomic E-state index is 0.216. The molecule has 1 amide bonds. The SMILES string of the molecule is CN(C)CCN1CCN(C(=O)CCCc2cccnc2)c2ccccc21. The molecule has 0 atom stereocenters. The highest BCUT2D eigenvalue weighted by molar-refractivity contribution is 5.97. The van der Waals surface area contributed by atoms with Crippen LogP contribution in [0.1, 0.15) is 18.4 Å². The third kappa shape index (κ3) is 4.61. The fourth-order valence-electron chi connectivity index (χ4n) is 3.36. The molecule has 1 aliphatic heterocycles. The summed E-state index contributed by atoms with van der Waals surface area (Å²) in [5, 5.41) is 0. The quantitative estimate of drug-likeness (QED) is 0.768. The number of amides is 1. The zero-order chi connectivity index (χ0) is 18.4. The van der Waals surface area contributed by atoms with Crippen LogP contribution < -0.4 is 9.80 Å². The number of para-hydroxylation sites is 2. The number of carbonyl (C=O) groups is 1. The number of hydrogen-bond donors (Lipinski definition) is 0. The minimum Gasteiger partial charge on any atom is -0.367 e. The van der Waals surface area contributed by atoms with Gasteiger partial charge in [-0.2, -0.15) is 0 Å². The molecule has 5 heteroatoms. The number of aryl methyl sites for hydroxylation is 1. The summed E-state index contributed by atoms with van der Waals surface area (Å²) in [5.74, 6) is 0.216. The van der Waals surface area contributed by atoms with Gasteiger partial charge in [0.25, 0.3) is 0 Å². The number of pyridine rings is 1. The molecule has 0 bridgehead atoms. The number of carbonyl (C=O) groups excluding carboxylic acids is 1. The van der Waals surface area contributed by atoms with E-state index in [-0.39, 0.29) is 5.91 Å². The van der Waals surface area contributed by atoms with Crippen molar-refractivity contribution in [3.8, 4) is 0 Å². The van der Waals surface area contributed by atoms with Crippen LogP contribution in [0.5, 0.6) is 0 Å². The molecule has 0 unspecified atom stereocenters. The number of aromatic nitrogens is 1. The highest BCUT2D eigenvalue weighted by Crippen LogP contribution is 2.33. The number of benzene rings is 1. The van der Waals surface area contributed by atoms with Crippen molar-refractivity contribution in [1.82, 2.24) is 9.88 Å². The standard InChI is InChI=1S/C21H28N4O/c1-23(2)13-14-24-15-16-25(20-10-4-3-9-19(20)24)21(26)11-5-7-18-8-6-12-22-17-18/h3-4,6,8-10,12,17H,5,7,11,13-16H2,1-2H3. The maximum atomic E-state index is 12.8. The average Bonchev–Trinajstić information content (AvgIpc) is 2.66. The highest BCUT2D eigenvalue weighted by atomic mass is 16.2. The van der Waals surface area contributed by atoms with Crippen molar-refractivity contribution in [3.63, 3.8) is 0 Å². The molecule has 0 N–H and O–H groups in total. The van der Waals surface area contributed by atoms with Gasteiger partial charge in [-0.1, -0.05) is 18.2 Å². The van der Waals surface area contributed by atoms with Gasteiger partial charge in [-0.15, -0.1) is 0 Å². The van der Waals surface area contributed by atoms with Crippen molar-refractivity contribution in [1.29, 1.82) is 0 Å². The first kappa shape index (κ1) is 18.4. The van der Waals surface area contributed by atoms with E-state index in [4.69, 9.17) is 0 Å². The number of rotatable bonds is 7. The number of fused-ring (bicyclic) bond motifs is 1. The molecule has 5 nitrogen and oxygen atoms in total. The Bertz CT molecular complexity index is 717. The lowest BCUT2D eigenvalue weighted by atomic mass is 10.1. The summed E-state index contributed by atoms with van der Waals surface area (Å²) >= 11 is 0. The van der Waals surface area contributed by atoms with Crippen LogP contribution in [-0.2, 0) is 11.2 Å². The Balaban J connectivity index is 1.62. The summed E-state index contributed by atoms with van der Waals surface area (Å²) in [5.41, 5.74) is 3.40. The molecule has 0 fully saturated rings. The van der Waals surface area contributed by atoms with Gasteiger partial charge in [-0.25, -0.2) is 0 Å². The van der Waals surface area contributed by atoms with E-state index in [1.165, 1.54) is 11.3 Å². The van der Waals surface area contributed by atoms with Gasteiger partial charge in [0.15, 0.2) is 0 Å². The van der Waals surface area contributed by atoms with E-state index < -0.39 is 0 Å². The third-order valence-electron chi connectivity index (χ3n) is 4.80. The van der Waals surface area contributed by atoms with E-state index in [1.807, 2.05) is 23.2 Å². The summed E-state index contributed by atoms with van der Waals surface area (Å²) in [6, 6.07) is 12.3. The molecule has 138 valence electrons. The van der Waals surface area contributed by atoms with Crippen molar-refractivity contribution in [2.45, 2.75) is 19.3 Å². The summed E-state index contributed by atoms with van der Waals surface area (Å²) in [4.78, 5) is 23.5. The maximum Gasteiger partial charge on any atom is 0.227 e. The van der Waals surface area contributed by atoms with Gasteiger partial charge in [0.1, 0.15) is 0 Å². The third-order valence-corrected chi connectivity index (χ3v) is 4.80. The van der Waals surface area contributed by atoms with Crippen LogP contribution in [0, 0.1) is 0 Å². The second-order valence-corrected chi connectivity index (χ2v) is 7.04. The molecule has 0 aliphatic carbocycles. The smallest absolute Gasteiger partial charge is 0.227 e. The molecule has 1 aromatic heterocycles. The van der Waals surface area contributed by atoms with E-state index in [0.717, 1.165) is 44.7 Å². The number of anilines is 2. The Morgan fingerprint density at radius 1 is 1.12 bits per heavy atom. The van der Waals surface area contributed by atoms with Crippen molar-refractivity contribution in [3.05, 3.63) is 54.4 Å². The Labute approximate surface area is 156 Å². The Kier molecular flexibility index (Phi) is 6.23. The predicted molar refractivity (Wildman–Crippen MR) is 107 cm³/mol. The fraction of sp³-hybridized carbons (Fsp3) is 0.429. The van der Waals surface area contributed by atoms with Gasteiger partial charge < -0.3 is 14.7 Å². The molecule has 26 heavy (non-hydrogen) atoms. The summed E-state index contributed by atoms with van der Waals surface area (Å²) in [6.45, 7) is 3.63. The average molecular weight is 352 g/mol. The second kappa shape index (κ2) is 8.81. The first-order chi connectivity index (χ1) is 12.6. The van der Waals surface area contributed by atoms with Crippen LogP contribution in [0.3, 0.4) is 0 Å². The van der Waals surface area contributed by atoms with Crippen LogP contribution in [0.4, 0.5) is 11.4 Å². The van der Waals surface area contributed by atoms with Gasteiger partial charge >= 0.3 is 0 Å². The minimum atomic E-state index is 0.216. The fourth-order valence-corrected chi connectivity index (χ4v) is 3.36. The predicted octanol–water partition coefficient (Wildman–Crippen LogP) is 2.82. The zero-order valence-electron chi connectivity index (χ0n) is 15.8. The van der Waals surface area contributed by atoms with Gasteiger partial charge in [-0.3, -0.25) is 9.78 Å². The van der Waals surface area contributed by atoms with Gasteiger partial charge in [0.05, 0.1) is 11.4 Å². The van der Waals surface area contributed by atoms with Crippen LogP contribution in [0.2, 0.25) is 0 Å². The molecule has 0 saturated carbocycles. The number of hydrogen-bond acceptors (Lipinski definition) is 4. The molecule has 0 saturated heterocycles. The molecule has 3 rings (SSSR count). The molecule has 0 spiro atoms. The van der Waals surface area contributed by atoms with E-state index >= 15 is 0 Å². The largest absolute Gasteiger partial charge is 0.367 e. The molecule has 1 aliphatic rings. The lowest BCUT2D eigenvalue weighted by molar-refractivity contribution is -0.118. The molecular formula is C21H28N4O. The Morgan fingerprint density at radius 3 is 2.65 bits per heavy atom. The van der Waals surface area contributed by atoms with E-state index in [0.29, 0.717) is 6.42 Å². The van der Waals surface area contributed by atoms with Crippen molar-refractivity contribution in [2.24, 2.45) is 0 Å². The first-order valence-electron chi connectivity index (χ1n) is 9.33. The summed E-state index contributed by atoms with van der Waals surface area (Å²) in [7, 11) is 4.18. The molecule has 1 aromatic carbocycles. The first-order valence-corrected chi connectivity index (χ1v) is 9.33. The summed E-state index contributed by atoms with van der Waals surface area (Å²) < 4.78 is 0. The Hall–Kier alpha value is -2.40.